The number of Topliss-reactive ketones (excluding diaryl/α,β-unsaturated/α-hetero) is 1. The molecule has 3 rings (SSSR count). The number of para-hydroxylation sites is 1. The van der Waals surface area contributed by atoms with Gasteiger partial charge in [0.05, 0.1) is 17.3 Å². The van der Waals surface area contributed by atoms with Gasteiger partial charge in [-0.1, -0.05) is 18.2 Å². The number of hydrogen-bond donors (Lipinski definition) is 0. The Labute approximate surface area is 129 Å². The summed E-state index contributed by atoms with van der Waals surface area (Å²) in [5.74, 6) is -0.800. The Morgan fingerprint density at radius 3 is 2.41 bits per heavy atom. The highest BCUT2D eigenvalue weighted by Gasteiger charge is 2.20. The number of carbonyl (C=O) groups excluding carboxylic acids is 2. The van der Waals surface area contributed by atoms with Gasteiger partial charge in [-0.2, -0.15) is 4.73 Å². The lowest BCUT2D eigenvalue weighted by molar-refractivity contribution is -0.108. The van der Waals surface area contributed by atoms with Gasteiger partial charge in [-0.3, -0.25) is 9.59 Å². The average molecular weight is 318 g/mol. The summed E-state index contributed by atoms with van der Waals surface area (Å²) in [5.41, 5.74) is 0.741. The Morgan fingerprint density at radius 2 is 1.73 bits per heavy atom. The molecular formula is C16H9ClFNO3. The molecule has 0 spiro atoms. The largest absolute Gasteiger partial charge is 0.375 e. The molecule has 0 unspecified atom stereocenters. The third-order valence-electron chi connectivity index (χ3n) is 3.12. The molecule has 0 aliphatic heterocycles. The van der Waals surface area contributed by atoms with Gasteiger partial charge in [-0.25, -0.2) is 4.39 Å². The van der Waals surface area contributed by atoms with E-state index in [1.165, 1.54) is 35.2 Å². The molecule has 3 aromatic rings. The summed E-state index contributed by atoms with van der Waals surface area (Å²) >= 11 is 5.27. The molecule has 0 aliphatic rings. The predicted molar refractivity (Wildman–Crippen MR) is 79.6 cm³/mol. The first-order valence-corrected chi connectivity index (χ1v) is 6.72. The third kappa shape index (κ3) is 2.58. The highest BCUT2D eigenvalue weighted by molar-refractivity contribution is 6.83. The Morgan fingerprint density at radius 1 is 1.05 bits per heavy atom. The molecular weight excluding hydrogens is 309 g/mol. The highest BCUT2D eigenvalue weighted by Crippen LogP contribution is 2.24. The zero-order valence-electron chi connectivity index (χ0n) is 11.1. The van der Waals surface area contributed by atoms with Crippen molar-refractivity contribution in [2.45, 2.75) is 0 Å². The lowest BCUT2D eigenvalue weighted by Gasteiger charge is -2.07. The first-order valence-electron chi connectivity index (χ1n) is 6.34. The van der Waals surface area contributed by atoms with Crippen molar-refractivity contribution in [2.75, 3.05) is 0 Å². The van der Waals surface area contributed by atoms with Gasteiger partial charge in [-0.05, 0) is 41.9 Å². The zero-order valence-corrected chi connectivity index (χ0v) is 11.9. The first kappa shape index (κ1) is 14.3. The number of halogens is 2. The number of ketones is 1. The quantitative estimate of drug-likeness (QED) is 0.420. The molecule has 0 saturated carbocycles. The third-order valence-corrected chi connectivity index (χ3v) is 3.29. The maximum Gasteiger partial charge on any atom is 0.293 e. The number of benzene rings is 2. The van der Waals surface area contributed by atoms with E-state index in [0.29, 0.717) is 16.7 Å². The van der Waals surface area contributed by atoms with Gasteiger partial charge in [0.25, 0.3) is 5.24 Å². The van der Waals surface area contributed by atoms with Gasteiger partial charge in [0.1, 0.15) is 5.82 Å². The van der Waals surface area contributed by atoms with Gasteiger partial charge < -0.3 is 4.84 Å². The smallest absolute Gasteiger partial charge is 0.293 e. The summed E-state index contributed by atoms with van der Waals surface area (Å²) in [6.07, 6.45) is 1.39. The Balaban J connectivity index is 2.08. The number of hydrogen-bond acceptors (Lipinski definition) is 3. The minimum atomic E-state index is -1.07. The summed E-state index contributed by atoms with van der Waals surface area (Å²) in [7, 11) is 0. The minimum absolute atomic E-state index is 0.151. The number of aromatic nitrogens is 1. The monoisotopic (exact) mass is 317 g/mol. The standard InChI is InChI=1S/C16H9ClFNO3/c17-16(21)15(20)13-9-19(14-4-2-1-3-12(13)14)22-11-7-5-10(18)6-8-11/h1-9H. The van der Waals surface area contributed by atoms with Gasteiger partial charge >= 0.3 is 0 Å². The molecule has 1 aromatic heterocycles. The summed E-state index contributed by atoms with van der Waals surface area (Å²) in [5, 5.41) is -0.520. The van der Waals surface area contributed by atoms with Gasteiger partial charge in [0.15, 0.2) is 5.75 Å². The SMILES string of the molecule is O=C(Cl)C(=O)c1cn(Oc2ccc(F)cc2)c2ccccc12. The fourth-order valence-corrected chi connectivity index (χ4v) is 2.22. The molecule has 0 aliphatic carbocycles. The van der Waals surface area contributed by atoms with Crippen molar-refractivity contribution in [3.05, 3.63) is 66.1 Å². The number of fused-ring (bicyclic) bond motifs is 1. The van der Waals surface area contributed by atoms with Crippen LogP contribution in [0.2, 0.25) is 0 Å². The van der Waals surface area contributed by atoms with E-state index in [0.717, 1.165) is 0 Å². The van der Waals surface area contributed by atoms with Crippen molar-refractivity contribution in [3.63, 3.8) is 0 Å². The summed E-state index contributed by atoms with van der Waals surface area (Å²) in [4.78, 5) is 28.6. The summed E-state index contributed by atoms with van der Waals surface area (Å²) < 4.78 is 14.3. The van der Waals surface area contributed by atoms with Crippen LogP contribution in [-0.4, -0.2) is 15.8 Å². The topological polar surface area (TPSA) is 48.3 Å². The van der Waals surface area contributed by atoms with E-state index >= 15 is 0 Å². The van der Waals surface area contributed by atoms with E-state index in [2.05, 4.69) is 0 Å². The second-order valence-electron chi connectivity index (χ2n) is 4.53. The molecule has 22 heavy (non-hydrogen) atoms. The van der Waals surface area contributed by atoms with Crippen LogP contribution in [0.15, 0.2) is 54.7 Å². The fraction of sp³-hybridized carbons (Fsp3) is 0. The van der Waals surface area contributed by atoms with E-state index in [9.17, 15) is 14.0 Å². The summed E-state index contributed by atoms with van der Waals surface area (Å²) in [6.45, 7) is 0. The fourth-order valence-electron chi connectivity index (χ4n) is 2.12. The van der Waals surface area contributed by atoms with Crippen LogP contribution in [-0.2, 0) is 4.79 Å². The number of nitrogens with zero attached hydrogens (tertiary/aromatic N) is 1. The molecule has 0 saturated heterocycles. The predicted octanol–water partition coefficient (Wildman–Crippen LogP) is 3.57. The molecule has 0 amide bonds. The maximum atomic E-state index is 12.9. The molecule has 4 nitrogen and oxygen atoms in total. The Hall–Kier alpha value is -2.66. The van der Waals surface area contributed by atoms with Crippen LogP contribution in [0, 0.1) is 5.82 Å². The molecule has 1 heterocycles. The van der Waals surface area contributed by atoms with Crippen molar-refractivity contribution < 1.29 is 18.8 Å². The summed E-state index contributed by atoms with van der Waals surface area (Å²) in [6, 6.07) is 12.4. The molecule has 0 bridgehead atoms. The Bertz CT molecular complexity index is 871. The molecule has 0 atom stereocenters. The normalized spacial score (nSPS) is 10.6. The number of carbonyl (C=O) groups is 2. The average Bonchev–Trinajstić information content (AvgIpc) is 2.88. The van der Waals surface area contributed by atoms with E-state index in [1.54, 1.807) is 24.3 Å². The molecule has 0 fully saturated rings. The molecule has 6 heteroatoms. The maximum absolute atomic E-state index is 12.9. The second kappa shape index (κ2) is 5.61. The second-order valence-corrected chi connectivity index (χ2v) is 4.88. The van der Waals surface area contributed by atoms with Crippen LogP contribution < -0.4 is 4.84 Å². The van der Waals surface area contributed by atoms with Crippen LogP contribution in [0.5, 0.6) is 5.75 Å². The van der Waals surface area contributed by atoms with Crippen molar-refractivity contribution in [1.82, 2.24) is 4.73 Å². The van der Waals surface area contributed by atoms with Crippen LogP contribution in [0.3, 0.4) is 0 Å². The number of rotatable bonds is 4. The van der Waals surface area contributed by atoms with Crippen LogP contribution in [0.25, 0.3) is 10.9 Å². The lowest BCUT2D eigenvalue weighted by Crippen LogP contribution is -2.07. The molecule has 2 aromatic carbocycles. The lowest BCUT2D eigenvalue weighted by atomic mass is 10.1. The molecule has 0 radical (unpaired) electrons. The van der Waals surface area contributed by atoms with Gasteiger partial charge in [-0.15, -0.1) is 0 Å². The Kier molecular flexibility index (Phi) is 3.65. The first-order chi connectivity index (χ1) is 10.6. The van der Waals surface area contributed by atoms with Crippen molar-refractivity contribution in [1.29, 1.82) is 0 Å². The minimum Gasteiger partial charge on any atom is -0.375 e. The van der Waals surface area contributed by atoms with E-state index in [4.69, 9.17) is 16.4 Å². The van der Waals surface area contributed by atoms with Crippen LogP contribution >= 0.6 is 11.6 Å². The van der Waals surface area contributed by atoms with E-state index < -0.39 is 11.0 Å². The van der Waals surface area contributed by atoms with Gasteiger partial charge in [0.2, 0.25) is 5.78 Å². The van der Waals surface area contributed by atoms with Crippen LogP contribution in [0.1, 0.15) is 10.4 Å². The van der Waals surface area contributed by atoms with Crippen molar-refractivity contribution >= 4 is 33.5 Å². The van der Waals surface area contributed by atoms with Crippen LogP contribution in [0.4, 0.5) is 4.39 Å². The van der Waals surface area contributed by atoms with E-state index in [-0.39, 0.29) is 11.4 Å². The molecule has 110 valence electrons. The zero-order chi connectivity index (χ0) is 15.7. The van der Waals surface area contributed by atoms with E-state index in [1.807, 2.05) is 0 Å². The van der Waals surface area contributed by atoms with Gasteiger partial charge in [0, 0.05) is 5.39 Å². The van der Waals surface area contributed by atoms with Crippen molar-refractivity contribution in [3.8, 4) is 5.75 Å². The molecule has 0 N–H and O–H groups in total. The highest BCUT2D eigenvalue weighted by atomic mass is 35.5. The van der Waals surface area contributed by atoms with Crippen molar-refractivity contribution in [2.24, 2.45) is 0 Å².